The van der Waals surface area contributed by atoms with Crippen LogP contribution in [-0.4, -0.2) is 44.3 Å². The van der Waals surface area contributed by atoms with E-state index in [1.807, 2.05) is 27.0 Å². The minimum absolute atomic E-state index is 0.0688. The van der Waals surface area contributed by atoms with Gasteiger partial charge >= 0.3 is 6.09 Å². The predicted octanol–water partition coefficient (Wildman–Crippen LogP) is 5.23. The van der Waals surface area contributed by atoms with Gasteiger partial charge in [0.2, 0.25) is 0 Å². The summed E-state index contributed by atoms with van der Waals surface area (Å²) in [5, 5.41) is 8.69. The number of halogens is 1. The van der Waals surface area contributed by atoms with Crippen LogP contribution in [0.15, 0.2) is 21.4 Å². The third-order valence-electron chi connectivity index (χ3n) is 5.25. The Balaban J connectivity index is 1.71. The number of piperidine rings is 1. The van der Waals surface area contributed by atoms with Crippen molar-refractivity contribution >= 4 is 44.8 Å². The number of amides is 1. The van der Waals surface area contributed by atoms with E-state index in [0.717, 1.165) is 39.8 Å². The molecular weight excluding hydrogens is 466 g/mol. The molecule has 0 aromatic carbocycles. The SMILES string of the molecule is Cc1cscc1-c1cnn2c(N)c(Br)c(C3CCCN(C(=O)OC(C)(C)C)C3)nc12. The molecule has 4 rings (SSSR count). The van der Waals surface area contributed by atoms with Crippen molar-refractivity contribution in [2.45, 2.75) is 52.1 Å². The van der Waals surface area contributed by atoms with Gasteiger partial charge in [0, 0.05) is 30.1 Å². The molecule has 1 aliphatic rings. The predicted molar refractivity (Wildman–Crippen MR) is 123 cm³/mol. The summed E-state index contributed by atoms with van der Waals surface area (Å²) in [5.74, 6) is 0.586. The van der Waals surface area contributed by atoms with E-state index in [9.17, 15) is 4.79 Å². The van der Waals surface area contributed by atoms with Crippen molar-refractivity contribution in [1.82, 2.24) is 19.5 Å². The number of aryl methyl sites for hydroxylation is 1. The van der Waals surface area contributed by atoms with Crippen LogP contribution < -0.4 is 5.73 Å². The summed E-state index contributed by atoms with van der Waals surface area (Å²) in [6.07, 6.45) is 3.36. The molecule has 3 aromatic heterocycles. The second-order valence-corrected chi connectivity index (χ2v) is 10.3. The number of rotatable bonds is 2. The van der Waals surface area contributed by atoms with Crippen LogP contribution in [0.4, 0.5) is 10.6 Å². The van der Waals surface area contributed by atoms with Gasteiger partial charge < -0.3 is 15.4 Å². The number of hydrogen-bond acceptors (Lipinski definition) is 6. The maximum atomic E-state index is 12.6. The number of carbonyl (C=O) groups excluding carboxylic acids is 1. The van der Waals surface area contributed by atoms with Gasteiger partial charge in [-0.2, -0.15) is 21.0 Å². The molecule has 0 radical (unpaired) electrons. The molecule has 7 nitrogen and oxygen atoms in total. The van der Waals surface area contributed by atoms with Gasteiger partial charge in [0.05, 0.1) is 16.4 Å². The second-order valence-electron chi connectivity index (χ2n) is 8.72. The van der Waals surface area contributed by atoms with Crippen molar-refractivity contribution in [3.8, 4) is 11.1 Å². The number of likely N-dealkylation sites (tertiary alicyclic amines) is 1. The number of nitrogen functional groups attached to an aromatic ring is 1. The number of carbonyl (C=O) groups is 1. The van der Waals surface area contributed by atoms with Crippen molar-refractivity contribution in [3.05, 3.63) is 32.7 Å². The number of fused-ring (bicyclic) bond motifs is 1. The number of aromatic nitrogens is 3. The molecule has 1 saturated heterocycles. The van der Waals surface area contributed by atoms with Gasteiger partial charge in [-0.05, 0) is 72.8 Å². The van der Waals surface area contributed by atoms with E-state index in [2.05, 4.69) is 38.7 Å². The smallest absolute Gasteiger partial charge is 0.410 e. The lowest BCUT2D eigenvalue weighted by Gasteiger charge is -2.34. The highest BCUT2D eigenvalue weighted by atomic mass is 79.9. The molecule has 0 spiro atoms. The molecular formula is C21H26BrN5O2S. The third-order valence-corrected chi connectivity index (χ3v) is 6.93. The summed E-state index contributed by atoms with van der Waals surface area (Å²) in [6.45, 7) is 8.97. The van der Waals surface area contributed by atoms with Gasteiger partial charge in [-0.15, -0.1) is 0 Å². The molecule has 1 unspecified atom stereocenters. The van der Waals surface area contributed by atoms with E-state index in [1.54, 1.807) is 20.8 Å². The Morgan fingerprint density at radius 2 is 2.10 bits per heavy atom. The van der Waals surface area contributed by atoms with Crippen LogP contribution in [0.3, 0.4) is 0 Å². The molecule has 1 atom stereocenters. The molecule has 3 aromatic rings. The normalized spacial score (nSPS) is 17.5. The lowest BCUT2D eigenvalue weighted by molar-refractivity contribution is 0.0197. The Hall–Kier alpha value is -2.13. The Morgan fingerprint density at radius 1 is 1.33 bits per heavy atom. The van der Waals surface area contributed by atoms with Crippen LogP contribution >= 0.6 is 27.3 Å². The maximum absolute atomic E-state index is 12.6. The number of nitrogens with zero attached hydrogens (tertiary/aromatic N) is 4. The number of thiophene rings is 1. The van der Waals surface area contributed by atoms with Crippen molar-refractivity contribution in [3.63, 3.8) is 0 Å². The molecule has 160 valence electrons. The van der Waals surface area contributed by atoms with Gasteiger partial charge in [-0.1, -0.05) is 0 Å². The van der Waals surface area contributed by atoms with Gasteiger partial charge in [0.1, 0.15) is 11.4 Å². The fourth-order valence-electron chi connectivity index (χ4n) is 3.80. The molecule has 0 bridgehead atoms. The highest BCUT2D eigenvalue weighted by molar-refractivity contribution is 9.10. The Kier molecular flexibility index (Phi) is 5.52. The number of anilines is 1. The van der Waals surface area contributed by atoms with Crippen molar-refractivity contribution in [2.75, 3.05) is 18.8 Å². The van der Waals surface area contributed by atoms with Crippen LogP contribution in [0.1, 0.15) is 50.8 Å². The molecule has 30 heavy (non-hydrogen) atoms. The zero-order valence-corrected chi connectivity index (χ0v) is 20.0. The average molecular weight is 492 g/mol. The summed E-state index contributed by atoms with van der Waals surface area (Å²) in [4.78, 5) is 19.4. The van der Waals surface area contributed by atoms with E-state index in [1.165, 1.54) is 5.56 Å². The topological polar surface area (TPSA) is 85.8 Å². The van der Waals surface area contributed by atoms with Gasteiger partial charge in [-0.25, -0.2) is 9.78 Å². The average Bonchev–Trinajstić information content (AvgIpc) is 3.29. The van der Waals surface area contributed by atoms with Crippen molar-refractivity contribution in [1.29, 1.82) is 0 Å². The molecule has 1 fully saturated rings. The zero-order chi connectivity index (χ0) is 21.6. The first-order valence-electron chi connectivity index (χ1n) is 9.99. The fourth-order valence-corrected chi connectivity index (χ4v) is 5.23. The van der Waals surface area contributed by atoms with E-state index < -0.39 is 5.60 Å². The Bertz CT molecular complexity index is 1100. The van der Waals surface area contributed by atoms with Crippen molar-refractivity contribution in [2.24, 2.45) is 0 Å². The van der Waals surface area contributed by atoms with Gasteiger partial charge in [-0.3, -0.25) is 0 Å². The molecule has 0 aliphatic carbocycles. The molecule has 1 aliphatic heterocycles. The zero-order valence-electron chi connectivity index (χ0n) is 17.6. The van der Waals surface area contributed by atoms with Crippen molar-refractivity contribution < 1.29 is 9.53 Å². The summed E-state index contributed by atoms with van der Waals surface area (Å²) in [5.41, 5.74) is 10.8. The highest BCUT2D eigenvalue weighted by Gasteiger charge is 2.31. The first-order chi connectivity index (χ1) is 14.2. The first-order valence-corrected chi connectivity index (χ1v) is 11.7. The molecule has 1 amide bonds. The van der Waals surface area contributed by atoms with E-state index in [0.29, 0.717) is 18.9 Å². The summed E-state index contributed by atoms with van der Waals surface area (Å²) >= 11 is 5.29. The molecule has 9 heteroatoms. The Morgan fingerprint density at radius 3 is 2.77 bits per heavy atom. The Labute approximate surface area is 188 Å². The third kappa shape index (κ3) is 3.92. The standard InChI is InChI=1S/C21H26BrN5O2S/c1-12-10-30-11-15(12)14-8-24-27-18(23)16(22)17(25-19(14)27)13-6-5-7-26(9-13)20(28)29-21(2,3)4/h8,10-11,13H,5-7,9,23H2,1-4H3. The minimum atomic E-state index is -0.517. The first kappa shape index (κ1) is 21.1. The summed E-state index contributed by atoms with van der Waals surface area (Å²) in [6, 6.07) is 0. The van der Waals surface area contributed by atoms with E-state index >= 15 is 0 Å². The van der Waals surface area contributed by atoms with E-state index in [4.69, 9.17) is 15.5 Å². The lowest BCUT2D eigenvalue weighted by atomic mass is 9.94. The fraction of sp³-hybridized carbons (Fsp3) is 0.476. The van der Waals surface area contributed by atoms with Crippen LogP contribution in [0.5, 0.6) is 0 Å². The lowest BCUT2D eigenvalue weighted by Crippen LogP contribution is -2.42. The highest BCUT2D eigenvalue weighted by Crippen LogP contribution is 2.37. The number of ether oxygens (including phenoxy) is 1. The maximum Gasteiger partial charge on any atom is 0.410 e. The quantitative estimate of drug-likeness (QED) is 0.530. The number of hydrogen-bond donors (Lipinski definition) is 1. The summed E-state index contributed by atoms with van der Waals surface area (Å²) in [7, 11) is 0. The van der Waals surface area contributed by atoms with Crippen LogP contribution in [0.25, 0.3) is 16.8 Å². The molecule has 0 saturated carbocycles. The van der Waals surface area contributed by atoms with Gasteiger partial charge in [0.15, 0.2) is 5.65 Å². The minimum Gasteiger partial charge on any atom is -0.444 e. The summed E-state index contributed by atoms with van der Waals surface area (Å²) < 4.78 is 7.99. The van der Waals surface area contributed by atoms with Crippen LogP contribution in [0, 0.1) is 6.92 Å². The molecule has 4 heterocycles. The van der Waals surface area contributed by atoms with Crippen LogP contribution in [-0.2, 0) is 4.74 Å². The number of nitrogens with two attached hydrogens (primary N) is 1. The van der Waals surface area contributed by atoms with Crippen LogP contribution in [0.2, 0.25) is 0 Å². The van der Waals surface area contributed by atoms with E-state index in [-0.39, 0.29) is 12.0 Å². The second kappa shape index (κ2) is 7.85. The monoisotopic (exact) mass is 491 g/mol. The van der Waals surface area contributed by atoms with Gasteiger partial charge in [0.25, 0.3) is 0 Å². The largest absolute Gasteiger partial charge is 0.444 e. The molecule has 2 N–H and O–H groups in total.